The standard InChI is InChI=1S/C20H21N9/c21-10-13-16(23)15-17(26-20(25-11-22)28-19(15)27-18(13)24)12-6-2-3-7-14(12)29-8-4-1-5-9-29/h2-3,6-7,17H,1,4-5,8-9H2,(H6,23,24,25,26,27,28). The highest BCUT2D eigenvalue weighted by molar-refractivity contribution is 5.98. The lowest BCUT2D eigenvalue weighted by Crippen LogP contribution is -2.34. The summed E-state index contributed by atoms with van der Waals surface area (Å²) in [5, 5.41) is 24.0. The summed E-state index contributed by atoms with van der Waals surface area (Å²) >= 11 is 0. The van der Waals surface area contributed by atoms with Crippen molar-refractivity contribution in [1.29, 1.82) is 10.5 Å². The van der Waals surface area contributed by atoms with Gasteiger partial charge in [0.05, 0.1) is 5.69 Å². The van der Waals surface area contributed by atoms with Crippen molar-refractivity contribution in [3.63, 3.8) is 0 Å². The monoisotopic (exact) mass is 387 g/mol. The Labute approximate surface area is 168 Å². The van der Waals surface area contributed by atoms with Gasteiger partial charge in [-0.15, -0.1) is 0 Å². The Bertz CT molecular complexity index is 1050. The summed E-state index contributed by atoms with van der Waals surface area (Å²) < 4.78 is 0. The largest absolute Gasteiger partial charge is 0.397 e. The first-order chi connectivity index (χ1) is 14.1. The zero-order chi connectivity index (χ0) is 20.4. The van der Waals surface area contributed by atoms with Crippen molar-refractivity contribution in [1.82, 2.24) is 10.3 Å². The fraction of sp³-hybridized carbons (Fsp3) is 0.300. The number of piperidine rings is 1. The van der Waals surface area contributed by atoms with Crippen molar-refractivity contribution in [2.75, 3.05) is 34.8 Å². The van der Waals surface area contributed by atoms with Crippen LogP contribution in [-0.2, 0) is 0 Å². The molecular weight excluding hydrogens is 366 g/mol. The Morgan fingerprint density at radius 2 is 1.90 bits per heavy atom. The number of pyridine rings is 1. The Morgan fingerprint density at radius 1 is 1.14 bits per heavy atom. The van der Waals surface area contributed by atoms with Gasteiger partial charge in [0.15, 0.2) is 6.19 Å². The summed E-state index contributed by atoms with van der Waals surface area (Å²) in [6.45, 7) is 1.95. The van der Waals surface area contributed by atoms with Crippen molar-refractivity contribution < 1.29 is 0 Å². The second kappa shape index (κ2) is 7.56. The van der Waals surface area contributed by atoms with Crippen LogP contribution in [0.4, 0.5) is 23.0 Å². The van der Waals surface area contributed by atoms with E-state index in [2.05, 4.69) is 31.6 Å². The first-order valence-electron chi connectivity index (χ1n) is 9.46. The molecule has 1 aromatic carbocycles. The molecule has 0 bridgehead atoms. The van der Waals surface area contributed by atoms with E-state index in [1.54, 1.807) is 0 Å². The normalized spacial score (nSPS) is 17.9. The molecule has 9 heteroatoms. The Hall–Kier alpha value is -3.98. The summed E-state index contributed by atoms with van der Waals surface area (Å²) in [7, 11) is 0. The van der Waals surface area contributed by atoms with E-state index in [0.29, 0.717) is 11.4 Å². The number of hydrogen-bond donors (Lipinski definition) is 4. The fourth-order valence-electron chi connectivity index (χ4n) is 3.95. The molecule has 0 amide bonds. The molecule has 0 spiro atoms. The number of fused-ring (bicyclic) bond motifs is 1. The third-order valence-electron chi connectivity index (χ3n) is 5.29. The molecule has 2 aromatic rings. The molecule has 4 rings (SSSR count). The highest BCUT2D eigenvalue weighted by Gasteiger charge is 2.31. The maximum atomic E-state index is 9.48. The van der Waals surface area contributed by atoms with Crippen molar-refractivity contribution >= 4 is 29.0 Å². The number of anilines is 4. The van der Waals surface area contributed by atoms with Crippen LogP contribution in [0.2, 0.25) is 0 Å². The molecule has 2 aliphatic heterocycles. The molecule has 146 valence electrons. The predicted octanol–water partition coefficient (Wildman–Crippen LogP) is 2.05. The minimum atomic E-state index is -0.527. The maximum Gasteiger partial charge on any atom is 0.211 e. The number of aromatic nitrogens is 1. The smallest absolute Gasteiger partial charge is 0.211 e. The molecule has 9 nitrogen and oxygen atoms in total. The lowest BCUT2D eigenvalue weighted by molar-refractivity contribution is 0.575. The number of benzene rings is 1. The highest BCUT2D eigenvalue weighted by atomic mass is 15.2. The van der Waals surface area contributed by atoms with Gasteiger partial charge in [0, 0.05) is 29.9 Å². The van der Waals surface area contributed by atoms with Crippen molar-refractivity contribution in [2.45, 2.75) is 25.3 Å². The molecule has 0 radical (unpaired) electrons. The number of nitrogen functional groups attached to an aromatic ring is 2. The summed E-state index contributed by atoms with van der Waals surface area (Å²) in [5.74, 6) is 0.692. The van der Waals surface area contributed by atoms with E-state index < -0.39 is 6.04 Å². The van der Waals surface area contributed by atoms with E-state index in [0.717, 1.165) is 37.2 Å². The molecule has 0 aliphatic carbocycles. The Morgan fingerprint density at radius 3 is 2.62 bits per heavy atom. The minimum Gasteiger partial charge on any atom is -0.397 e. The highest BCUT2D eigenvalue weighted by Crippen LogP contribution is 2.43. The average molecular weight is 387 g/mol. The van der Waals surface area contributed by atoms with E-state index in [4.69, 9.17) is 16.7 Å². The molecule has 29 heavy (non-hydrogen) atoms. The minimum absolute atomic E-state index is 0.0394. The van der Waals surface area contributed by atoms with Crippen LogP contribution < -0.4 is 27.0 Å². The lowest BCUT2D eigenvalue weighted by Gasteiger charge is -2.33. The van der Waals surface area contributed by atoms with Crippen LogP contribution in [0.3, 0.4) is 0 Å². The zero-order valence-electron chi connectivity index (χ0n) is 15.8. The van der Waals surface area contributed by atoms with Crippen LogP contribution in [0.5, 0.6) is 0 Å². The van der Waals surface area contributed by atoms with Crippen molar-refractivity contribution in [3.05, 3.63) is 41.0 Å². The number of nitrogens with zero attached hydrogens (tertiary/aromatic N) is 5. The van der Waals surface area contributed by atoms with Crippen LogP contribution in [0.15, 0.2) is 29.3 Å². The Balaban J connectivity index is 1.90. The van der Waals surface area contributed by atoms with Crippen LogP contribution in [0, 0.1) is 22.8 Å². The molecule has 1 unspecified atom stereocenters. The summed E-state index contributed by atoms with van der Waals surface area (Å²) in [5.41, 5.74) is 15.2. The van der Waals surface area contributed by atoms with Gasteiger partial charge in [-0.05, 0) is 25.3 Å². The van der Waals surface area contributed by atoms with Crippen molar-refractivity contribution in [2.24, 2.45) is 4.99 Å². The number of hydrogen-bond acceptors (Lipinski definition) is 9. The van der Waals surface area contributed by atoms with Gasteiger partial charge in [0.2, 0.25) is 5.96 Å². The topological polar surface area (TPSA) is 152 Å². The van der Waals surface area contributed by atoms with Crippen LogP contribution in [-0.4, -0.2) is 24.0 Å². The maximum absolute atomic E-state index is 9.48. The molecule has 1 fully saturated rings. The van der Waals surface area contributed by atoms with Gasteiger partial charge in [-0.2, -0.15) is 10.5 Å². The van der Waals surface area contributed by atoms with Gasteiger partial charge in [0.1, 0.15) is 29.3 Å². The summed E-state index contributed by atoms with van der Waals surface area (Å²) in [4.78, 5) is 11.3. The van der Waals surface area contributed by atoms with Gasteiger partial charge in [0.25, 0.3) is 0 Å². The molecule has 6 N–H and O–H groups in total. The fourth-order valence-corrected chi connectivity index (χ4v) is 3.95. The molecule has 2 aliphatic rings. The average Bonchev–Trinajstić information content (AvgIpc) is 2.74. The quantitative estimate of drug-likeness (QED) is 0.451. The number of nitrogens with two attached hydrogens (primary N) is 2. The zero-order valence-corrected chi connectivity index (χ0v) is 15.8. The number of para-hydroxylation sites is 1. The molecule has 0 saturated carbocycles. The second-order valence-corrected chi connectivity index (χ2v) is 7.01. The molecular formula is C20H21N9. The second-order valence-electron chi connectivity index (χ2n) is 7.01. The van der Waals surface area contributed by atoms with E-state index in [9.17, 15) is 5.26 Å². The van der Waals surface area contributed by atoms with E-state index in [1.165, 1.54) is 6.42 Å². The van der Waals surface area contributed by atoms with Gasteiger partial charge in [-0.1, -0.05) is 18.2 Å². The van der Waals surface area contributed by atoms with Crippen LogP contribution in [0.25, 0.3) is 0 Å². The van der Waals surface area contributed by atoms with Crippen LogP contribution >= 0.6 is 0 Å². The number of aliphatic imine (C=N–C) groups is 1. The number of guanidine groups is 1. The first-order valence-corrected chi connectivity index (χ1v) is 9.46. The van der Waals surface area contributed by atoms with Crippen LogP contribution in [0.1, 0.15) is 42.0 Å². The van der Waals surface area contributed by atoms with Gasteiger partial charge in [-0.25, -0.2) is 9.98 Å². The third kappa shape index (κ3) is 3.23. The number of nitrogens with one attached hydrogen (secondary N) is 2. The lowest BCUT2D eigenvalue weighted by atomic mass is 9.93. The SMILES string of the molecule is N#CNC1=NC(c2ccccc2N2CCCCC2)c2c(nc(N)c(C#N)c2N)N1. The van der Waals surface area contributed by atoms with Crippen molar-refractivity contribution in [3.8, 4) is 12.3 Å². The predicted molar refractivity (Wildman–Crippen MR) is 112 cm³/mol. The molecule has 1 saturated heterocycles. The molecule has 1 atom stereocenters. The van der Waals surface area contributed by atoms with E-state index in [-0.39, 0.29) is 23.0 Å². The molecule has 3 heterocycles. The summed E-state index contributed by atoms with van der Waals surface area (Å²) in [6, 6.07) is 9.52. The Kier molecular flexibility index (Phi) is 4.80. The van der Waals surface area contributed by atoms with Gasteiger partial charge >= 0.3 is 0 Å². The van der Waals surface area contributed by atoms with Gasteiger partial charge in [-0.3, -0.25) is 5.32 Å². The number of nitriles is 2. The first kappa shape index (κ1) is 18.4. The number of rotatable bonds is 2. The third-order valence-corrected chi connectivity index (χ3v) is 5.29. The van der Waals surface area contributed by atoms with E-state index in [1.807, 2.05) is 30.5 Å². The van der Waals surface area contributed by atoms with Gasteiger partial charge < -0.3 is 21.7 Å². The van der Waals surface area contributed by atoms with E-state index >= 15 is 0 Å². The summed E-state index contributed by atoms with van der Waals surface area (Å²) in [6.07, 6.45) is 5.38. The molecule has 1 aromatic heterocycles.